The molecule has 1 saturated heterocycles. The van der Waals surface area contributed by atoms with Crippen molar-refractivity contribution in [2.45, 2.75) is 59.0 Å². The van der Waals surface area contributed by atoms with Crippen LogP contribution in [-0.2, 0) is 4.79 Å². The molecule has 1 heterocycles. The summed E-state index contributed by atoms with van der Waals surface area (Å²) < 4.78 is 0. The van der Waals surface area contributed by atoms with E-state index in [-0.39, 0.29) is 11.9 Å². The van der Waals surface area contributed by atoms with Crippen LogP contribution in [0.25, 0.3) is 0 Å². The monoisotopic (exact) mass is 269 g/mol. The van der Waals surface area contributed by atoms with Gasteiger partial charge in [-0.05, 0) is 45.2 Å². The maximum absolute atomic E-state index is 12.1. The van der Waals surface area contributed by atoms with Gasteiger partial charge in [-0.1, -0.05) is 20.8 Å². The first kappa shape index (κ1) is 16.4. The molecule has 0 aromatic heterocycles. The van der Waals surface area contributed by atoms with Gasteiger partial charge in [0, 0.05) is 19.1 Å². The number of carbonyl (C=O) groups excluding carboxylic acids is 1. The molecule has 2 N–H and O–H groups in total. The number of nitrogens with one attached hydrogen (secondary N) is 2. The minimum atomic E-state index is -0.00928. The highest BCUT2D eigenvalue weighted by Gasteiger charge is 2.26. The minimum Gasteiger partial charge on any atom is -0.354 e. The van der Waals surface area contributed by atoms with Gasteiger partial charge in [-0.15, -0.1) is 0 Å². The van der Waals surface area contributed by atoms with Crippen LogP contribution in [0.5, 0.6) is 0 Å². The predicted molar refractivity (Wildman–Crippen MR) is 80.2 cm³/mol. The molecule has 1 aliphatic heterocycles. The molecular formula is C15H31N3O. The lowest BCUT2D eigenvalue weighted by Gasteiger charge is -2.36. The van der Waals surface area contributed by atoms with Gasteiger partial charge in [-0.25, -0.2) is 0 Å². The average Bonchev–Trinajstić information content (AvgIpc) is 2.41. The molecule has 0 radical (unpaired) electrons. The summed E-state index contributed by atoms with van der Waals surface area (Å²) in [5.74, 6) is 0.682. The summed E-state index contributed by atoms with van der Waals surface area (Å²) in [6.07, 6.45) is 3.58. The normalized spacial score (nSPS) is 22.5. The molecule has 0 spiro atoms. The molecule has 0 bridgehead atoms. The summed E-state index contributed by atoms with van der Waals surface area (Å²) in [5, 5.41) is 6.61. The van der Waals surface area contributed by atoms with Gasteiger partial charge in [0.25, 0.3) is 0 Å². The highest BCUT2D eigenvalue weighted by molar-refractivity contribution is 5.81. The SMILES string of the molecule is CCCNC1CCCN(C(C)C(=O)NCC(C)C)C1. The van der Waals surface area contributed by atoms with Crippen molar-refractivity contribution in [1.82, 2.24) is 15.5 Å². The van der Waals surface area contributed by atoms with Crippen molar-refractivity contribution < 1.29 is 4.79 Å². The fourth-order valence-electron chi connectivity index (χ4n) is 2.49. The predicted octanol–water partition coefficient (Wildman–Crippen LogP) is 1.61. The van der Waals surface area contributed by atoms with Crippen LogP contribution < -0.4 is 10.6 Å². The molecular weight excluding hydrogens is 238 g/mol. The Morgan fingerprint density at radius 1 is 1.37 bits per heavy atom. The van der Waals surface area contributed by atoms with Crippen LogP contribution in [0.3, 0.4) is 0 Å². The number of amides is 1. The van der Waals surface area contributed by atoms with Gasteiger partial charge in [0.2, 0.25) is 5.91 Å². The summed E-state index contributed by atoms with van der Waals surface area (Å²) in [6.45, 7) is 12.3. The van der Waals surface area contributed by atoms with Crippen LogP contribution in [0, 0.1) is 5.92 Å². The highest BCUT2D eigenvalue weighted by atomic mass is 16.2. The molecule has 4 nitrogen and oxygen atoms in total. The zero-order chi connectivity index (χ0) is 14.3. The maximum atomic E-state index is 12.1. The van der Waals surface area contributed by atoms with Crippen molar-refractivity contribution in [3.8, 4) is 0 Å². The van der Waals surface area contributed by atoms with E-state index in [4.69, 9.17) is 0 Å². The first-order valence-electron chi connectivity index (χ1n) is 7.79. The van der Waals surface area contributed by atoms with E-state index in [9.17, 15) is 4.79 Å². The fraction of sp³-hybridized carbons (Fsp3) is 0.933. The van der Waals surface area contributed by atoms with Crippen molar-refractivity contribution in [2.75, 3.05) is 26.2 Å². The van der Waals surface area contributed by atoms with Crippen LogP contribution in [0.4, 0.5) is 0 Å². The topological polar surface area (TPSA) is 44.4 Å². The fourth-order valence-corrected chi connectivity index (χ4v) is 2.49. The molecule has 112 valence electrons. The largest absolute Gasteiger partial charge is 0.354 e. The summed E-state index contributed by atoms with van der Waals surface area (Å²) in [5.41, 5.74) is 0. The molecule has 19 heavy (non-hydrogen) atoms. The second-order valence-electron chi connectivity index (χ2n) is 6.10. The lowest BCUT2D eigenvalue weighted by molar-refractivity contribution is -0.126. The Bertz CT molecular complexity index is 268. The van der Waals surface area contributed by atoms with Crippen molar-refractivity contribution in [3.05, 3.63) is 0 Å². The quantitative estimate of drug-likeness (QED) is 0.738. The van der Waals surface area contributed by atoms with Crippen molar-refractivity contribution in [2.24, 2.45) is 5.92 Å². The lowest BCUT2D eigenvalue weighted by atomic mass is 10.0. The van der Waals surface area contributed by atoms with Crippen molar-refractivity contribution in [3.63, 3.8) is 0 Å². The summed E-state index contributed by atoms with van der Waals surface area (Å²) >= 11 is 0. The molecule has 0 saturated carbocycles. The first-order chi connectivity index (χ1) is 9.04. The molecule has 2 atom stereocenters. The minimum absolute atomic E-state index is 0.00928. The second-order valence-corrected chi connectivity index (χ2v) is 6.10. The second kappa shape index (κ2) is 8.54. The molecule has 1 fully saturated rings. The number of carbonyl (C=O) groups is 1. The van der Waals surface area contributed by atoms with Gasteiger partial charge in [0.15, 0.2) is 0 Å². The van der Waals surface area contributed by atoms with Gasteiger partial charge < -0.3 is 10.6 Å². The zero-order valence-corrected chi connectivity index (χ0v) is 13.0. The van der Waals surface area contributed by atoms with Gasteiger partial charge in [0.1, 0.15) is 0 Å². The number of likely N-dealkylation sites (tertiary alicyclic amines) is 1. The van der Waals surface area contributed by atoms with E-state index in [1.807, 2.05) is 6.92 Å². The molecule has 1 aliphatic rings. The number of hydrogen-bond donors (Lipinski definition) is 2. The van der Waals surface area contributed by atoms with Crippen LogP contribution in [0.15, 0.2) is 0 Å². The van der Waals surface area contributed by atoms with E-state index in [0.29, 0.717) is 12.0 Å². The summed E-state index contributed by atoms with van der Waals surface area (Å²) in [4.78, 5) is 14.4. The van der Waals surface area contributed by atoms with E-state index in [1.54, 1.807) is 0 Å². The molecule has 0 aromatic rings. The highest BCUT2D eigenvalue weighted by Crippen LogP contribution is 2.13. The number of hydrogen-bond acceptors (Lipinski definition) is 3. The van der Waals surface area contributed by atoms with E-state index < -0.39 is 0 Å². The van der Waals surface area contributed by atoms with E-state index in [1.165, 1.54) is 19.3 Å². The Morgan fingerprint density at radius 2 is 2.11 bits per heavy atom. The summed E-state index contributed by atoms with van der Waals surface area (Å²) in [6, 6.07) is 0.541. The zero-order valence-electron chi connectivity index (χ0n) is 13.0. The molecule has 0 aliphatic carbocycles. The number of piperidine rings is 1. The molecule has 4 heteroatoms. The Morgan fingerprint density at radius 3 is 2.74 bits per heavy atom. The third-order valence-electron chi connectivity index (χ3n) is 3.75. The van der Waals surface area contributed by atoms with Crippen molar-refractivity contribution >= 4 is 5.91 Å². The van der Waals surface area contributed by atoms with Gasteiger partial charge in [-0.3, -0.25) is 9.69 Å². The van der Waals surface area contributed by atoms with Crippen LogP contribution in [0.1, 0.15) is 47.0 Å². The molecule has 2 unspecified atom stereocenters. The Kier molecular flexibility index (Phi) is 7.39. The Balaban J connectivity index is 2.38. The smallest absolute Gasteiger partial charge is 0.237 e. The molecule has 1 rings (SSSR count). The first-order valence-corrected chi connectivity index (χ1v) is 7.79. The standard InChI is InChI=1S/C15H31N3O/c1-5-8-16-14-7-6-9-18(11-14)13(4)15(19)17-10-12(2)3/h12-14,16H,5-11H2,1-4H3,(H,17,19). The lowest BCUT2D eigenvalue weighted by Crippen LogP contribution is -2.53. The Hall–Kier alpha value is -0.610. The molecule has 0 aromatic carbocycles. The van der Waals surface area contributed by atoms with E-state index >= 15 is 0 Å². The van der Waals surface area contributed by atoms with Crippen LogP contribution in [-0.4, -0.2) is 49.1 Å². The van der Waals surface area contributed by atoms with E-state index in [0.717, 1.165) is 26.2 Å². The van der Waals surface area contributed by atoms with E-state index in [2.05, 4.69) is 36.3 Å². The summed E-state index contributed by atoms with van der Waals surface area (Å²) in [7, 11) is 0. The number of rotatable bonds is 7. The van der Waals surface area contributed by atoms with Crippen LogP contribution >= 0.6 is 0 Å². The van der Waals surface area contributed by atoms with Gasteiger partial charge >= 0.3 is 0 Å². The van der Waals surface area contributed by atoms with Gasteiger partial charge in [-0.2, -0.15) is 0 Å². The third-order valence-corrected chi connectivity index (χ3v) is 3.75. The van der Waals surface area contributed by atoms with Crippen LogP contribution in [0.2, 0.25) is 0 Å². The third kappa shape index (κ3) is 5.91. The Labute approximate surface area is 118 Å². The molecule has 1 amide bonds. The number of nitrogens with zero attached hydrogens (tertiary/aromatic N) is 1. The average molecular weight is 269 g/mol. The maximum Gasteiger partial charge on any atom is 0.237 e. The van der Waals surface area contributed by atoms with Crippen molar-refractivity contribution in [1.29, 1.82) is 0 Å². The van der Waals surface area contributed by atoms with Gasteiger partial charge in [0.05, 0.1) is 6.04 Å².